The molecule has 1 amide bonds. The van der Waals surface area contributed by atoms with Crippen LogP contribution in [0.25, 0.3) is 6.08 Å². The highest BCUT2D eigenvalue weighted by atomic mass is 16.5. The molecule has 0 N–H and O–H groups in total. The summed E-state index contributed by atoms with van der Waals surface area (Å²) >= 11 is 0. The molecule has 162 valence electrons. The molecule has 2 aromatic rings. The van der Waals surface area contributed by atoms with Gasteiger partial charge in [0.1, 0.15) is 11.6 Å². The predicted molar refractivity (Wildman–Crippen MR) is 119 cm³/mol. The topological polar surface area (TPSA) is 75.3 Å². The van der Waals surface area contributed by atoms with Gasteiger partial charge in [-0.3, -0.25) is 4.79 Å². The first-order valence-electron chi connectivity index (χ1n) is 10.8. The molecule has 6 heteroatoms. The second kappa shape index (κ2) is 10.1. The standard InChI is InChI=1S/C25H29N3O3/c1-4-12-28-18(2)15-21(19(28)3)16-22(17-26)25(30)31-23(20-10-6-5-7-11-20)24(29)27-13-8-9-14-27/h5-7,10-11,15-16,23H,4,8-9,12-14H2,1-3H3/b22-16+/t23-/m0/s1. The van der Waals surface area contributed by atoms with E-state index in [-0.39, 0.29) is 11.5 Å². The zero-order valence-corrected chi connectivity index (χ0v) is 18.4. The highest BCUT2D eigenvalue weighted by Crippen LogP contribution is 2.25. The molecule has 0 bridgehead atoms. The molecule has 1 fully saturated rings. The Morgan fingerprint density at radius 1 is 1.19 bits per heavy atom. The van der Waals surface area contributed by atoms with Crippen molar-refractivity contribution in [2.75, 3.05) is 13.1 Å². The molecule has 1 atom stereocenters. The van der Waals surface area contributed by atoms with Crippen LogP contribution >= 0.6 is 0 Å². The zero-order valence-electron chi connectivity index (χ0n) is 18.4. The van der Waals surface area contributed by atoms with Crippen LogP contribution in [0.15, 0.2) is 42.0 Å². The minimum atomic E-state index is -1.06. The van der Waals surface area contributed by atoms with Gasteiger partial charge in [0.05, 0.1) is 0 Å². The van der Waals surface area contributed by atoms with Crippen molar-refractivity contribution in [2.24, 2.45) is 0 Å². The predicted octanol–water partition coefficient (Wildman–Crippen LogP) is 4.33. The van der Waals surface area contributed by atoms with E-state index in [1.165, 1.54) is 0 Å². The number of hydrogen-bond donors (Lipinski definition) is 0. The number of esters is 1. The molecule has 0 spiro atoms. The van der Waals surface area contributed by atoms with Crippen molar-refractivity contribution < 1.29 is 14.3 Å². The van der Waals surface area contributed by atoms with Crippen molar-refractivity contribution in [2.45, 2.75) is 52.7 Å². The Bertz CT molecular complexity index is 1010. The van der Waals surface area contributed by atoms with Crippen molar-refractivity contribution in [3.63, 3.8) is 0 Å². The molecule has 0 aliphatic carbocycles. The number of carbonyl (C=O) groups is 2. The zero-order chi connectivity index (χ0) is 22.4. The van der Waals surface area contributed by atoms with Gasteiger partial charge in [-0.2, -0.15) is 5.26 Å². The summed E-state index contributed by atoms with van der Waals surface area (Å²) in [6, 6.07) is 12.9. The Morgan fingerprint density at radius 3 is 2.48 bits per heavy atom. The van der Waals surface area contributed by atoms with Crippen LogP contribution in [0.5, 0.6) is 0 Å². The number of likely N-dealkylation sites (tertiary alicyclic amines) is 1. The Morgan fingerprint density at radius 2 is 1.87 bits per heavy atom. The molecule has 0 radical (unpaired) electrons. The first kappa shape index (κ1) is 22.4. The molecule has 1 aromatic heterocycles. The molecule has 1 aromatic carbocycles. The molecule has 1 aliphatic heterocycles. The third-order valence-electron chi connectivity index (χ3n) is 5.67. The van der Waals surface area contributed by atoms with Gasteiger partial charge in [-0.05, 0) is 50.8 Å². The molecule has 3 rings (SSSR count). The lowest BCUT2D eigenvalue weighted by molar-refractivity contribution is -0.157. The quantitative estimate of drug-likeness (QED) is 0.380. The summed E-state index contributed by atoms with van der Waals surface area (Å²) in [7, 11) is 0. The highest BCUT2D eigenvalue weighted by molar-refractivity contribution is 5.99. The van der Waals surface area contributed by atoms with Gasteiger partial charge in [-0.1, -0.05) is 37.3 Å². The number of aromatic nitrogens is 1. The fourth-order valence-corrected chi connectivity index (χ4v) is 4.00. The lowest BCUT2D eigenvalue weighted by Crippen LogP contribution is -2.35. The molecule has 1 saturated heterocycles. The summed E-state index contributed by atoms with van der Waals surface area (Å²) < 4.78 is 7.80. The fraction of sp³-hybridized carbons (Fsp3) is 0.400. The summed E-state index contributed by atoms with van der Waals surface area (Å²) in [5.74, 6) is -1.03. The molecular weight excluding hydrogens is 390 g/mol. The maximum Gasteiger partial charge on any atom is 0.350 e. The van der Waals surface area contributed by atoms with E-state index >= 15 is 0 Å². The maximum atomic E-state index is 13.1. The highest BCUT2D eigenvalue weighted by Gasteiger charge is 2.31. The number of carbonyl (C=O) groups excluding carboxylic acids is 2. The SMILES string of the molecule is CCCn1c(C)cc(/C=C(\C#N)C(=O)O[C@H](C(=O)N2CCCC2)c2ccccc2)c1C. The Labute approximate surface area is 183 Å². The van der Waals surface area contributed by atoms with E-state index in [0.717, 1.165) is 42.8 Å². The van der Waals surface area contributed by atoms with E-state index in [9.17, 15) is 14.9 Å². The van der Waals surface area contributed by atoms with E-state index in [1.54, 1.807) is 35.2 Å². The van der Waals surface area contributed by atoms with Crippen molar-refractivity contribution in [3.8, 4) is 6.07 Å². The van der Waals surface area contributed by atoms with Gasteiger partial charge in [0.15, 0.2) is 0 Å². The molecule has 0 saturated carbocycles. The van der Waals surface area contributed by atoms with Gasteiger partial charge in [0.2, 0.25) is 6.10 Å². The summed E-state index contributed by atoms with van der Waals surface area (Å²) in [6.07, 6.45) is 3.37. The fourth-order valence-electron chi connectivity index (χ4n) is 4.00. The van der Waals surface area contributed by atoms with Gasteiger partial charge >= 0.3 is 5.97 Å². The second-order valence-corrected chi connectivity index (χ2v) is 7.88. The number of ether oxygens (including phenoxy) is 1. The van der Waals surface area contributed by atoms with Crippen LogP contribution < -0.4 is 0 Å². The van der Waals surface area contributed by atoms with Crippen molar-refractivity contribution in [3.05, 3.63) is 64.5 Å². The van der Waals surface area contributed by atoms with Crippen molar-refractivity contribution in [1.82, 2.24) is 9.47 Å². The van der Waals surface area contributed by atoms with E-state index in [1.807, 2.05) is 32.0 Å². The van der Waals surface area contributed by atoms with Crippen molar-refractivity contribution in [1.29, 1.82) is 5.26 Å². The van der Waals surface area contributed by atoms with Crippen LogP contribution in [0.3, 0.4) is 0 Å². The number of amides is 1. The number of benzene rings is 1. The van der Waals surface area contributed by atoms with Crippen LogP contribution in [-0.2, 0) is 20.9 Å². The van der Waals surface area contributed by atoms with Gasteiger partial charge in [-0.15, -0.1) is 0 Å². The number of nitriles is 1. The smallest absolute Gasteiger partial charge is 0.350 e. The van der Waals surface area contributed by atoms with Gasteiger partial charge in [-0.25, -0.2) is 4.79 Å². The van der Waals surface area contributed by atoms with Gasteiger partial charge in [0, 0.05) is 36.6 Å². The average molecular weight is 420 g/mol. The van der Waals surface area contributed by atoms with E-state index in [0.29, 0.717) is 18.7 Å². The molecule has 2 heterocycles. The van der Waals surface area contributed by atoms with Crippen LogP contribution in [-0.4, -0.2) is 34.4 Å². The summed E-state index contributed by atoms with van der Waals surface area (Å²) in [5.41, 5.74) is 3.36. The van der Waals surface area contributed by atoms with E-state index in [4.69, 9.17) is 4.74 Å². The molecule has 0 unspecified atom stereocenters. The van der Waals surface area contributed by atoms with Crippen LogP contribution in [0.4, 0.5) is 0 Å². The third-order valence-corrected chi connectivity index (χ3v) is 5.67. The maximum absolute atomic E-state index is 13.1. The third kappa shape index (κ3) is 5.05. The Hall–Kier alpha value is -3.33. The lowest BCUT2D eigenvalue weighted by Gasteiger charge is -2.23. The Kier molecular flexibility index (Phi) is 7.30. The largest absolute Gasteiger partial charge is 0.443 e. The Balaban J connectivity index is 1.88. The number of aryl methyl sites for hydroxylation is 1. The van der Waals surface area contributed by atoms with Crippen LogP contribution in [0, 0.1) is 25.2 Å². The first-order valence-corrected chi connectivity index (χ1v) is 10.8. The minimum Gasteiger partial charge on any atom is -0.443 e. The first-order chi connectivity index (χ1) is 15.0. The van der Waals surface area contributed by atoms with Gasteiger partial charge < -0.3 is 14.2 Å². The summed E-state index contributed by atoms with van der Waals surface area (Å²) in [5, 5.41) is 9.64. The number of nitrogens with zero attached hydrogens (tertiary/aromatic N) is 3. The molecular formula is C25H29N3O3. The normalized spacial score (nSPS) is 14.9. The lowest BCUT2D eigenvalue weighted by atomic mass is 10.1. The van der Waals surface area contributed by atoms with E-state index < -0.39 is 12.1 Å². The van der Waals surface area contributed by atoms with Crippen LogP contribution in [0.2, 0.25) is 0 Å². The van der Waals surface area contributed by atoms with E-state index in [2.05, 4.69) is 11.5 Å². The average Bonchev–Trinajstić information content (AvgIpc) is 3.40. The number of rotatable bonds is 7. The summed E-state index contributed by atoms with van der Waals surface area (Å²) in [4.78, 5) is 27.7. The van der Waals surface area contributed by atoms with Crippen molar-refractivity contribution >= 4 is 18.0 Å². The second-order valence-electron chi connectivity index (χ2n) is 7.88. The summed E-state index contributed by atoms with van der Waals surface area (Å²) in [6.45, 7) is 8.27. The van der Waals surface area contributed by atoms with Crippen LogP contribution in [0.1, 0.15) is 54.8 Å². The molecule has 1 aliphatic rings. The molecule has 6 nitrogen and oxygen atoms in total. The van der Waals surface area contributed by atoms with Gasteiger partial charge in [0.25, 0.3) is 5.91 Å². The number of hydrogen-bond acceptors (Lipinski definition) is 4. The minimum absolute atomic E-state index is 0.119. The monoisotopic (exact) mass is 419 g/mol. The molecule has 31 heavy (non-hydrogen) atoms.